The van der Waals surface area contributed by atoms with E-state index in [1.165, 1.54) is 24.2 Å². The topological polar surface area (TPSA) is 63.7 Å². The van der Waals surface area contributed by atoms with Crippen LogP contribution in [0.3, 0.4) is 0 Å². The highest BCUT2D eigenvalue weighted by atomic mass is 35.5. The van der Waals surface area contributed by atoms with Gasteiger partial charge in [0.25, 0.3) is 5.19 Å². The molecule has 2 bridgehead atoms. The molecular formula is C24H26ClN3O3S. The van der Waals surface area contributed by atoms with Gasteiger partial charge in [-0.3, -0.25) is 9.69 Å². The van der Waals surface area contributed by atoms with Crippen LogP contribution in [0.25, 0.3) is 10.2 Å². The summed E-state index contributed by atoms with van der Waals surface area (Å²) in [5.74, 6) is 1.61. The van der Waals surface area contributed by atoms with Gasteiger partial charge in [-0.25, -0.2) is 4.98 Å². The van der Waals surface area contributed by atoms with Gasteiger partial charge in [0.2, 0.25) is 5.91 Å². The number of nitrogens with one attached hydrogen (secondary N) is 1. The van der Waals surface area contributed by atoms with E-state index in [0.29, 0.717) is 40.7 Å². The minimum Gasteiger partial charge on any atom is -0.492 e. The largest absolute Gasteiger partial charge is 0.492 e. The van der Waals surface area contributed by atoms with Gasteiger partial charge in [0, 0.05) is 31.6 Å². The van der Waals surface area contributed by atoms with Crippen molar-refractivity contribution in [1.29, 1.82) is 0 Å². The Kier molecular flexibility index (Phi) is 6.22. The number of halogens is 1. The maximum absolute atomic E-state index is 11.4. The zero-order valence-electron chi connectivity index (χ0n) is 17.9. The Labute approximate surface area is 196 Å². The summed E-state index contributed by atoms with van der Waals surface area (Å²) in [6, 6.07) is 14.7. The molecule has 2 fully saturated rings. The van der Waals surface area contributed by atoms with Crippen molar-refractivity contribution in [2.24, 2.45) is 0 Å². The van der Waals surface area contributed by atoms with Gasteiger partial charge in [-0.2, -0.15) is 0 Å². The lowest BCUT2D eigenvalue weighted by molar-refractivity contribution is -0.120. The quantitative estimate of drug-likeness (QED) is 0.509. The fourth-order valence-corrected chi connectivity index (χ4v) is 6.08. The first kappa shape index (κ1) is 21.5. The van der Waals surface area contributed by atoms with E-state index in [4.69, 9.17) is 21.1 Å². The van der Waals surface area contributed by atoms with E-state index in [0.717, 1.165) is 35.4 Å². The highest BCUT2D eigenvalue weighted by Crippen LogP contribution is 2.36. The molecule has 6 nitrogen and oxygen atoms in total. The lowest BCUT2D eigenvalue weighted by atomic mass is 9.97. The van der Waals surface area contributed by atoms with Crippen molar-refractivity contribution in [2.75, 3.05) is 13.2 Å². The average molecular weight is 472 g/mol. The second kappa shape index (κ2) is 9.25. The Morgan fingerprint density at radius 2 is 1.88 bits per heavy atom. The number of amides is 1. The van der Waals surface area contributed by atoms with E-state index in [1.807, 2.05) is 42.5 Å². The molecule has 2 saturated heterocycles. The van der Waals surface area contributed by atoms with Crippen LogP contribution in [0.5, 0.6) is 16.7 Å². The third kappa shape index (κ3) is 4.70. The Balaban J connectivity index is 1.12. The molecule has 2 aromatic carbocycles. The second-order valence-corrected chi connectivity index (χ2v) is 9.85. The van der Waals surface area contributed by atoms with E-state index in [-0.39, 0.29) is 5.91 Å². The molecule has 168 valence electrons. The van der Waals surface area contributed by atoms with E-state index in [2.05, 4.69) is 15.2 Å². The number of fused-ring (bicyclic) bond motifs is 3. The molecule has 0 aliphatic carbocycles. The van der Waals surface area contributed by atoms with Crippen molar-refractivity contribution in [3.8, 4) is 16.7 Å². The molecule has 3 aromatic rings. The molecule has 0 radical (unpaired) electrons. The molecule has 0 saturated carbocycles. The van der Waals surface area contributed by atoms with Crippen molar-refractivity contribution in [3.63, 3.8) is 0 Å². The van der Waals surface area contributed by atoms with Crippen LogP contribution < -0.4 is 14.8 Å². The van der Waals surface area contributed by atoms with Crippen LogP contribution in [0.2, 0.25) is 5.02 Å². The fourth-order valence-electron chi connectivity index (χ4n) is 4.96. The number of hydrogen-bond acceptors (Lipinski definition) is 6. The molecule has 1 amide bonds. The molecule has 2 atom stereocenters. The number of hydrogen-bond donors (Lipinski definition) is 1. The SMILES string of the molecule is CC(=O)NC1CC2CCC(C1)N2CCOc1ccc(Oc2nc3cccc(Cl)c3s2)cc1. The Hall–Kier alpha value is -2.35. The van der Waals surface area contributed by atoms with E-state index in [1.54, 1.807) is 6.92 Å². The maximum Gasteiger partial charge on any atom is 0.279 e. The van der Waals surface area contributed by atoms with Crippen molar-refractivity contribution >= 4 is 39.1 Å². The molecule has 1 N–H and O–H groups in total. The van der Waals surface area contributed by atoms with Crippen LogP contribution in [0.15, 0.2) is 42.5 Å². The maximum atomic E-state index is 11.4. The first-order chi connectivity index (χ1) is 15.5. The zero-order valence-corrected chi connectivity index (χ0v) is 19.5. The second-order valence-electron chi connectivity index (χ2n) is 8.48. The number of aromatic nitrogens is 1. The summed E-state index contributed by atoms with van der Waals surface area (Å²) in [4.78, 5) is 18.4. The summed E-state index contributed by atoms with van der Waals surface area (Å²) in [7, 11) is 0. The number of nitrogens with zero attached hydrogens (tertiary/aromatic N) is 2. The van der Waals surface area contributed by atoms with Gasteiger partial charge >= 0.3 is 0 Å². The predicted molar refractivity (Wildman–Crippen MR) is 127 cm³/mol. The predicted octanol–water partition coefficient (Wildman–Crippen LogP) is 5.25. The van der Waals surface area contributed by atoms with Crippen LogP contribution in [-0.4, -0.2) is 47.1 Å². The van der Waals surface area contributed by atoms with Gasteiger partial charge in [-0.15, -0.1) is 0 Å². The van der Waals surface area contributed by atoms with Crippen LogP contribution in [-0.2, 0) is 4.79 Å². The van der Waals surface area contributed by atoms with Gasteiger partial charge in [-0.1, -0.05) is 29.0 Å². The highest BCUT2D eigenvalue weighted by molar-refractivity contribution is 7.20. The van der Waals surface area contributed by atoms with Gasteiger partial charge < -0.3 is 14.8 Å². The van der Waals surface area contributed by atoms with Crippen molar-refractivity contribution in [2.45, 2.75) is 50.7 Å². The molecule has 2 unspecified atom stereocenters. The number of rotatable bonds is 7. The normalized spacial score (nSPS) is 22.8. The Morgan fingerprint density at radius 3 is 2.56 bits per heavy atom. The van der Waals surface area contributed by atoms with Gasteiger partial charge in [-0.05, 0) is 62.1 Å². The number of piperidine rings is 1. The molecular weight excluding hydrogens is 446 g/mol. The number of benzene rings is 2. The lowest BCUT2D eigenvalue weighted by Gasteiger charge is -2.39. The van der Waals surface area contributed by atoms with Crippen molar-refractivity contribution in [1.82, 2.24) is 15.2 Å². The summed E-state index contributed by atoms with van der Waals surface area (Å²) in [6.45, 7) is 3.16. The van der Waals surface area contributed by atoms with E-state index >= 15 is 0 Å². The summed E-state index contributed by atoms with van der Waals surface area (Å²) < 4.78 is 12.8. The smallest absolute Gasteiger partial charge is 0.279 e. The van der Waals surface area contributed by atoms with Crippen LogP contribution in [0, 0.1) is 0 Å². The highest BCUT2D eigenvalue weighted by Gasteiger charge is 2.40. The molecule has 3 heterocycles. The standard InChI is InChI=1S/C24H26ClN3O3S/c1-15(29)26-16-13-17-5-6-18(14-16)28(17)11-12-30-19-7-9-20(10-8-19)31-24-27-22-4-2-3-21(25)23(22)32-24/h2-4,7-10,16-18H,5-6,11-14H2,1H3,(H,26,29). The third-order valence-corrected chi connectivity index (χ3v) is 7.70. The number of ether oxygens (including phenoxy) is 2. The van der Waals surface area contributed by atoms with Crippen LogP contribution in [0.1, 0.15) is 32.6 Å². The van der Waals surface area contributed by atoms with Crippen LogP contribution in [0.4, 0.5) is 0 Å². The summed E-state index contributed by atoms with van der Waals surface area (Å²) in [5.41, 5.74) is 0.840. The molecule has 8 heteroatoms. The van der Waals surface area contributed by atoms with Gasteiger partial charge in [0.15, 0.2) is 0 Å². The van der Waals surface area contributed by atoms with Crippen molar-refractivity contribution in [3.05, 3.63) is 47.5 Å². The number of thiazole rings is 1. The van der Waals surface area contributed by atoms with E-state index < -0.39 is 0 Å². The van der Waals surface area contributed by atoms with Crippen LogP contribution >= 0.6 is 22.9 Å². The number of carbonyl (C=O) groups excluding carboxylic acids is 1. The summed E-state index contributed by atoms with van der Waals surface area (Å²) in [5, 5.41) is 4.35. The first-order valence-electron chi connectivity index (χ1n) is 11.0. The molecule has 2 aliphatic rings. The molecule has 2 aliphatic heterocycles. The Bertz CT molecular complexity index is 1090. The zero-order chi connectivity index (χ0) is 22.1. The number of carbonyl (C=O) groups is 1. The monoisotopic (exact) mass is 471 g/mol. The fraction of sp³-hybridized carbons (Fsp3) is 0.417. The average Bonchev–Trinajstić information content (AvgIpc) is 3.27. The van der Waals surface area contributed by atoms with Crippen molar-refractivity contribution < 1.29 is 14.3 Å². The van der Waals surface area contributed by atoms with Gasteiger partial charge in [0.1, 0.15) is 18.1 Å². The molecule has 0 spiro atoms. The molecule has 1 aromatic heterocycles. The minimum absolute atomic E-state index is 0.0746. The van der Waals surface area contributed by atoms with Gasteiger partial charge in [0.05, 0.1) is 15.2 Å². The third-order valence-electron chi connectivity index (χ3n) is 6.29. The Morgan fingerprint density at radius 1 is 1.16 bits per heavy atom. The van der Waals surface area contributed by atoms with E-state index in [9.17, 15) is 4.79 Å². The molecule has 5 rings (SSSR count). The first-order valence-corrected chi connectivity index (χ1v) is 12.2. The minimum atomic E-state index is 0.0746. The summed E-state index contributed by atoms with van der Waals surface area (Å²) in [6.07, 6.45) is 4.51. The summed E-state index contributed by atoms with van der Waals surface area (Å²) >= 11 is 7.66. The molecule has 32 heavy (non-hydrogen) atoms. The lowest BCUT2D eigenvalue weighted by Crippen LogP contribution is -2.51.